The lowest BCUT2D eigenvalue weighted by Crippen LogP contribution is -2.40. The van der Waals surface area contributed by atoms with Crippen LogP contribution in [-0.4, -0.2) is 25.7 Å². The number of nitrogens with zero attached hydrogens (tertiary/aromatic N) is 1. The van der Waals surface area contributed by atoms with Crippen molar-refractivity contribution in [3.63, 3.8) is 0 Å². The molecule has 0 saturated carbocycles. The first-order valence-electron chi connectivity index (χ1n) is 9.34. The number of rotatable bonds is 5. The van der Waals surface area contributed by atoms with Gasteiger partial charge in [0.1, 0.15) is 11.8 Å². The average Bonchev–Trinajstić information content (AvgIpc) is 2.68. The highest BCUT2D eigenvalue weighted by molar-refractivity contribution is 5.78. The molecule has 1 aromatic rings. The summed E-state index contributed by atoms with van der Waals surface area (Å²) < 4.78 is 0. The molecule has 5 nitrogen and oxygen atoms in total. The van der Waals surface area contributed by atoms with Crippen LogP contribution < -0.4 is 32.1 Å². The third kappa shape index (κ3) is 4.27. The van der Waals surface area contributed by atoms with Crippen molar-refractivity contribution in [1.29, 1.82) is 5.26 Å². The average molecular weight is 349 g/mol. The van der Waals surface area contributed by atoms with Crippen molar-refractivity contribution < 1.29 is 0 Å². The second-order valence-electron chi connectivity index (χ2n) is 6.73. The van der Waals surface area contributed by atoms with Gasteiger partial charge >= 0.3 is 0 Å². The molecular formula is C21H27N5. The fourth-order valence-electron chi connectivity index (χ4n) is 3.49. The summed E-state index contributed by atoms with van der Waals surface area (Å²) >= 11 is 0. The maximum atomic E-state index is 9.05. The summed E-state index contributed by atoms with van der Waals surface area (Å²) in [5, 5.41) is 21.9. The van der Waals surface area contributed by atoms with Gasteiger partial charge in [0.2, 0.25) is 0 Å². The summed E-state index contributed by atoms with van der Waals surface area (Å²) in [6.45, 7) is 5.02. The van der Waals surface area contributed by atoms with Gasteiger partial charge < -0.3 is 21.7 Å². The molecule has 0 aliphatic carbocycles. The van der Waals surface area contributed by atoms with E-state index >= 15 is 0 Å². The van der Waals surface area contributed by atoms with Gasteiger partial charge in [0, 0.05) is 29.7 Å². The zero-order chi connectivity index (χ0) is 18.4. The highest BCUT2D eigenvalue weighted by Gasteiger charge is 2.14. The Balaban J connectivity index is 2.05. The van der Waals surface area contributed by atoms with Gasteiger partial charge in [-0.2, -0.15) is 5.26 Å². The lowest BCUT2D eigenvalue weighted by molar-refractivity contribution is 0.479. The standard InChI is InChI=1S/C21H27N5/c1-2-3-15(11-18(23)13-22)17-10-16-4-7-25-14-20(16)21(12-17)26-19-5-8-24-9-6-19/h3-4,10-12,14,19,24-26H,2,5-9,23H2,1H3/b15-3+,18-11-. The summed E-state index contributed by atoms with van der Waals surface area (Å²) in [5.41, 5.74) is 9.23. The van der Waals surface area contributed by atoms with Crippen LogP contribution in [0.3, 0.4) is 0 Å². The van der Waals surface area contributed by atoms with Gasteiger partial charge in [0.25, 0.3) is 0 Å². The molecular weight excluding hydrogens is 322 g/mol. The summed E-state index contributed by atoms with van der Waals surface area (Å²) in [7, 11) is 0. The van der Waals surface area contributed by atoms with Crippen LogP contribution in [0.2, 0.25) is 0 Å². The predicted molar refractivity (Wildman–Crippen MR) is 108 cm³/mol. The van der Waals surface area contributed by atoms with Crippen molar-refractivity contribution >= 4 is 23.5 Å². The molecule has 3 rings (SSSR count). The Morgan fingerprint density at radius 1 is 1.38 bits per heavy atom. The largest absolute Gasteiger partial charge is 0.390 e. The molecule has 2 heterocycles. The van der Waals surface area contributed by atoms with Crippen molar-refractivity contribution in [3.05, 3.63) is 46.0 Å². The van der Waals surface area contributed by atoms with E-state index in [1.165, 1.54) is 10.4 Å². The third-order valence-electron chi connectivity index (χ3n) is 4.79. The highest BCUT2D eigenvalue weighted by Crippen LogP contribution is 2.20. The number of fused-ring (bicyclic) bond motifs is 1. The van der Waals surface area contributed by atoms with E-state index in [1.807, 2.05) is 6.07 Å². The topological polar surface area (TPSA) is 85.9 Å². The van der Waals surface area contributed by atoms with Crippen molar-refractivity contribution in [1.82, 2.24) is 10.6 Å². The molecule has 2 aliphatic heterocycles. The molecule has 1 aromatic carbocycles. The Morgan fingerprint density at radius 3 is 2.92 bits per heavy atom. The first-order chi connectivity index (χ1) is 12.7. The van der Waals surface area contributed by atoms with Crippen LogP contribution in [0.25, 0.3) is 17.8 Å². The fraction of sp³-hybridized carbons (Fsp3) is 0.381. The molecule has 1 saturated heterocycles. The summed E-state index contributed by atoms with van der Waals surface area (Å²) in [6, 6.07) is 6.86. The minimum Gasteiger partial charge on any atom is -0.390 e. The molecule has 0 bridgehead atoms. The minimum atomic E-state index is 0.229. The fourth-order valence-corrected chi connectivity index (χ4v) is 3.49. The van der Waals surface area contributed by atoms with Crippen LogP contribution in [0.4, 0.5) is 5.69 Å². The van der Waals surface area contributed by atoms with E-state index in [9.17, 15) is 0 Å². The monoisotopic (exact) mass is 349 g/mol. The van der Waals surface area contributed by atoms with Crippen LogP contribution in [0.5, 0.6) is 0 Å². The van der Waals surface area contributed by atoms with E-state index in [2.05, 4.69) is 53.4 Å². The number of hydrogen-bond donors (Lipinski definition) is 4. The Hall–Kier alpha value is -2.71. The molecule has 5 heteroatoms. The molecule has 5 N–H and O–H groups in total. The first-order valence-corrected chi connectivity index (χ1v) is 9.34. The molecule has 0 aromatic heterocycles. The SMILES string of the molecule is CC/C=C(\C=C(/N)C#N)c1cc(NC2CCNCC2)c2c(c1)=CCNC=2. The smallest absolute Gasteiger partial charge is 0.117 e. The molecule has 26 heavy (non-hydrogen) atoms. The molecule has 2 aliphatic rings. The number of allylic oxidation sites excluding steroid dienone is 4. The van der Waals surface area contributed by atoms with Gasteiger partial charge in [-0.25, -0.2) is 0 Å². The third-order valence-corrected chi connectivity index (χ3v) is 4.79. The van der Waals surface area contributed by atoms with E-state index in [0.29, 0.717) is 6.04 Å². The van der Waals surface area contributed by atoms with Crippen LogP contribution >= 0.6 is 0 Å². The first kappa shape index (κ1) is 18.1. The zero-order valence-electron chi connectivity index (χ0n) is 15.3. The Bertz CT molecular complexity index is 867. The number of benzene rings is 1. The lowest BCUT2D eigenvalue weighted by atomic mass is 9.98. The van der Waals surface area contributed by atoms with E-state index in [0.717, 1.165) is 55.7 Å². The quantitative estimate of drug-likeness (QED) is 0.473. The van der Waals surface area contributed by atoms with Crippen molar-refractivity contribution in [2.75, 3.05) is 25.0 Å². The minimum absolute atomic E-state index is 0.229. The van der Waals surface area contributed by atoms with E-state index in [1.54, 1.807) is 6.08 Å². The van der Waals surface area contributed by atoms with E-state index in [4.69, 9.17) is 11.0 Å². The number of nitriles is 1. The maximum absolute atomic E-state index is 9.05. The van der Waals surface area contributed by atoms with Crippen LogP contribution in [0.15, 0.2) is 30.0 Å². The summed E-state index contributed by atoms with van der Waals surface area (Å²) in [6.07, 6.45) is 11.3. The highest BCUT2D eigenvalue weighted by atomic mass is 15.0. The van der Waals surface area contributed by atoms with Gasteiger partial charge in [-0.1, -0.05) is 19.1 Å². The normalized spacial score (nSPS) is 18.0. The van der Waals surface area contributed by atoms with Gasteiger partial charge in [0.15, 0.2) is 0 Å². The molecule has 0 unspecified atom stereocenters. The Labute approximate surface area is 155 Å². The molecule has 136 valence electrons. The Morgan fingerprint density at radius 2 is 2.19 bits per heavy atom. The molecule has 0 spiro atoms. The number of piperidine rings is 1. The van der Waals surface area contributed by atoms with Crippen molar-refractivity contribution in [2.24, 2.45) is 5.73 Å². The summed E-state index contributed by atoms with van der Waals surface area (Å²) in [4.78, 5) is 0. The maximum Gasteiger partial charge on any atom is 0.117 e. The number of hydrogen-bond acceptors (Lipinski definition) is 5. The number of nitrogens with two attached hydrogens (primary N) is 1. The van der Waals surface area contributed by atoms with Gasteiger partial charge in [0.05, 0.1) is 0 Å². The van der Waals surface area contributed by atoms with Crippen molar-refractivity contribution in [3.8, 4) is 6.07 Å². The van der Waals surface area contributed by atoms with E-state index < -0.39 is 0 Å². The number of anilines is 1. The summed E-state index contributed by atoms with van der Waals surface area (Å²) in [5.74, 6) is 0. The van der Waals surface area contributed by atoms with Crippen LogP contribution in [0, 0.1) is 11.3 Å². The predicted octanol–water partition coefficient (Wildman–Crippen LogP) is 1.13. The van der Waals surface area contributed by atoms with Gasteiger partial charge in [-0.05, 0) is 66.9 Å². The lowest BCUT2D eigenvalue weighted by Gasteiger charge is -2.26. The van der Waals surface area contributed by atoms with Gasteiger partial charge in [-0.15, -0.1) is 0 Å². The van der Waals surface area contributed by atoms with Crippen LogP contribution in [-0.2, 0) is 0 Å². The molecule has 1 fully saturated rings. The second kappa shape index (κ2) is 8.59. The number of nitrogens with one attached hydrogen (secondary N) is 3. The van der Waals surface area contributed by atoms with Crippen LogP contribution in [0.1, 0.15) is 31.7 Å². The Kier molecular flexibility index (Phi) is 5.98. The van der Waals surface area contributed by atoms with Crippen molar-refractivity contribution in [2.45, 2.75) is 32.2 Å². The molecule has 0 amide bonds. The zero-order valence-corrected chi connectivity index (χ0v) is 15.3. The van der Waals surface area contributed by atoms with Gasteiger partial charge in [-0.3, -0.25) is 0 Å². The molecule has 0 atom stereocenters. The second-order valence-corrected chi connectivity index (χ2v) is 6.73. The molecule has 0 radical (unpaired) electrons. The van der Waals surface area contributed by atoms with E-state index in [-0.39, 0.29) is 5.70 Å².